The summed E-state index contributed by atoms with van der Waals surface area (Å²) in [4.78, 5) is 29.3. The summed E-state index contributed by atoms with van der Waals surface area (Å²) < 4.78 is 0. The van der Waals surface area contributed by atoms with Crippen LogP contribution in [0, 0.1) is 5.41 Å². The van der Waals surface area contributed by atoms with E-state index in [-0.39, 0.29) is 29.5 Å². The van der Waals surface area contributed by atoms with E-state index >= 15 is 0 Å². The fourth-order valence-corrected chi connectivity index (χ4v) is 1.74. The second kappa shape index (κ2) is 6.03. The zero-order valence-electron chi connectivity index (χ0n) is 13.1. The highest BCUT2D eigenvalue weighted by Gasteiger charge is 2.26. The maximum Gasteiger partial charge on any atom is 0.270 e. The molecule has 0 saturated carbocycles. The highest BCUT2D eigenvalue weighted by Crippen LogP contribution is 2.29. The molecule has 1 rings (SSSR count). The van der Waals surface area contributed by atoms with Gasteiger partial charge in [-0.25, -0.2) is 0 Å². The molecule has 0 spiro atoms. The Morgan fingerprint density at radius 3 is 2.45 bits per heavy atom. The molecule has 0 aromatic carbocycles. The Labute approximate surface area is 120 Å². The fourth-order valence-electron chi connectivity index (χ4n) is 1.74. The van der Waals surface area contributed by atoms with Crippen molar-refractivity contribution >= 4 is 18.0 Å². The zero-order chi connectivity index (χ0) is 15.5. The molecule has 1 aliphatic heterocycles. The largest absolute Gasteiger partial charge is 0.331 e. The van der Waals surface area contributed by atoms with E-state index in [0.717, 1.165) is 5.57 Å². The summed E-state index contributed by atoms with van der Waals surface area (Å²) >= 11 is 0. The lowest BCUT2D eigenvalue weighted by Crippen LogP contribution is -2.48. The number of rotatable bonds is 2. The van der Waals surface area contributed by atoms with Crippen molar-refractivity contribution in [1.29, 1.82) is 0 Å². The van der Waals surface area contributed by atoms with E-state index < -0.39 is 0 Å². The maximum absolute atomic E-state index is 12.1. The number of carbonyl (C=O) groups excluding carboxylic acids is 2. The molecule has 0 atom stereocenters. The lowest BCUT2D eigenvalue weighted by molar-refractivity contribution is -0.136. The average molecular weight is 277 g/mol. The lowest BCUT2D eigenvalue weighted by atomic mass is 9.86. The summed E-state index contributed by atoms with van der Waals surface area (Å²) in [7, 11) is 1.61. The van der Waals surface area contributed by atoms with Gasteiger partial charge in [0.2, 0.25) is 5.91 Å². The van der Waals surface area contributed by atoms with Gasteiger partial charge in [-0.2, -0.15) is 0 Å². The van der Waals surface area contributed by atoms with Gasteiger partial charge in [-0.05, 0) is 30.9 Å². The Morgan fingerprint density at radius 1 is 1.35 bits per heavy atom. The normalized spacial score (nSPS) is 20.5. The summed E-state index contributed by atoms with van der Waals surface area (Å²) in [5.74, 6) is -0.387. The SMILES string of the molecule is CC=NC(/C=C1\NC(=O)CN(C)C1=O)=C(\C)C(C)(C)C. The maximum atomic E-state index is 12.1. The lowest BCUT2D eigenvalue weighted by Gasteiger charge is -2.25. The average Bonchev–Trinajstić information content (AvgIpc) is 2.32. The Morgan fingerprint density at radius 2 is 1.95 bits per heavy atom. The van der Waals surface area contributed by atoms with Gasteiger partial charge in [0.15, 0.2) is 0 Å². The van der Waals surface area contributed by atoms with Crippen molar-refractivity contribution in [1.82, 2.24) is 10.2 Å². The van der Waals surface area contributed by atoms with Crippen molar-refractivity contribution in [3.8, 4) is 0 Å². The van der Waals surface area contributed by atoms with Crippen LogP contribution in [0.25, 0.3) is 0 Å². The van der Waals surface area contributed by atoms with E-state index in [9.17, 15) is 9.59 Å². The number of aliphatic imine (C=N–C) groups is 1. The molecule has 5 nitrogen and oxygen atoms in total. The highest BCUT2D eigenvalue weighted by atomic mass is 16.2. The zero-order valence-corrected chi connectivity index (χ0v) is 13.1. The van der Waals surface area contributed by atoms with Crippen molar-refractivity contribution in [2.24, 2.45) is 10.4 Å². The van der Waals surface area contributed by atoms with Crippen LogP contribution in [-0.2, 0) is 9.59 Å². The molecule has 5 heteroatoms. The first-order chi connectivity index (χ1) is 9.16. The predicted molar refractivity (Wildman–Crippen MR) is 80.2 cm³/mol. The number of allylic oxidation sites excluding steroid dienone is 2. The molecule has 0 aliphatic carbocycles. The van der Waals surface area contributed by atoms with Gasteiger partial charge in [0.05, 0.1) is 12.2 Å². The Kier molecular flexibility index (Phi) is 4.87. The number of likely N-dealkylation sites (N-methyl/N-ethyl adjacent to an activating group) is 1. The molecule has 1 fully saturated rings. The van der Waals surface area contributed by atoms with E-state index in [1.54, 1.807) is 19.3 Å². The standard InChI is InChI=1S/C15H23N3O2/c1-7-16-11(10(2)15(3,4)5)8-12-14(20)18(6)9-13(19)17-12/h7-8H,9H2,1-6H3,(H,17,19)/b11-10+,12-8-,16-7?. The smallest absolute Gasteiger partial charge is 0.270 e. The van der Waals surface area contributed by atoms with Crippen molar-refractivity contribution in [2.45, 2.75) is 34.6 Å². The third-order valence-corrected chi connectivity index (χ3v) is 3.29. The third-order valence-electron chi connectivity index (χ3n) is 3.29. The third kappa shape index (κ3) is 3.79. The molecule has 1 saturated heterocycles. The summed E-state index contributed by atoms with van der Waals surface area (Å²) in [5, 5.41) is 2.61. The first kappa shape index (κ1) is 16.1. The number of carbonyl (C=O) groups is 2. The van der Waals surface area contributed by atoms with Crippen molar-refractivity contribution in [2.75, 3.05) is 13.6 Å². The highest BCUT2D eigenvalue weighted by molar-refractivity contribution is 6.03. The second-order valence-electron chi connectivity index (χ2n) is 5.91. The molecule has 0 bridgehead atoms. The van der Waals surface area contributed by atoms with E-state index in [1.807, 2.05) is 13.8 Å². The molecule has 2 amide bonds. The predicted octanol–water partition coefficient (Wildman–Crippen LogP) is 1.87. The van der Waals surface area contributed by atoms with Crippen molar-refractivity contribution in [3.05, 3.63) is 23.0 Å². The fraction of sp³-hybridized carbons (Fsp3) is 0.533. The van der Waals surface area contributed by atoms with Crippen LogP contribution in [0.1, 0.15) is 34.6 Å². The summed E-state index contributed by atoms with van der Waals surface area (Å²) in [5.41, 5.74) is 1.97. The minimum atomic E-state index is -0.199. The van der Waals surface area contributed by atoms with Crippen molar-refractivity contribution < 1.29 is 9.59 Å². The first-order valence-electron chi connectivity index (χ1n) is 6.64. The van der Waals surface area contributed by atoms with Gasteiger partial charge < -0.3 is 10.2 Å². The van der Waals surface area contributed by atoms with Crippen LogP contribution in [0.4, 0.5) is 0 Å². The van der Waals surface area contributed by atoms with E-state index in [0.29, 0.717) is 5.70 Å². The molecule has 20 heavy (non-hydrogen) atoms. The molecule has 0 unspecified atom stereocenters. The molecule has 1 aliphatic rings. The Bertz CT molecular complexity index is 508. The quantitative estimate of drug-likeness (QED) is 0.618. The first-order valence-corrected chi connectivity index (χ1v) is 6.64. The summed E-state index contributed by atoms with van der Waals surface area (Å²) in [6.07, 6.45) is 3.33. The molecule has 1 N–H and O–H groups in total. The number of hydrogen-bond acceptors (Lipinski definition) is 3. The molecular formula is C15H23N3O2. The van der Waals surface area contributed by atoms with Gasteiger partial charge in [0, 0.05) is 13.3 Å². The molecule has 0 aromatic rings. The molecular weight excluding hydrogens is 254 g/mol. The van der Waals surface area contributed by atoms with Crippen LogP contribution >= 0.6 is 0 Å². The monoisotopic (exact) mass is 277 g/mol. The molecule has 0 radical (unpaired) electrons. The van der Waals surface area contributed by atoms with Crippen molar-refractivity contribution in [3.63, 3.8) is 0 Å². The van der Waals surface area contributed by atoms with E-state index in [1.165, 1.54) is 4.90 Å². The molecule has 1 heterocycles. The number of amides is 2. The van der Waals surface area contributed by atoms with Gasteiger partial charge in [0.1, 0.15) is 5.70 Å². The summed E-state index contributed by atoms with van der Waals surface area (Å²) in [6.45, 7) is 10.1. The topological polar surface area (TPSA) is 61.8 Å². The van der Waals surface area contributed by atoms with Crippen LogP contribution in [0.3, 0.4) is 0 Å². The van der Waals surface area contributed by atoms with Gasteiger partial charge in [-0.15, -0.1) is 0 Å². The van der Waals surface area contributed by atoms with Crippen LogP contribution in [0.5, 0.6) is 0 Å². The van der Waals surface area contributed by atoms with Gasteiger partial charge in [-0.1, -0.05) is 20.8 Å². The number of hydrogen-bond donors (Lipinski definition) is 1. The van der Waals surface area contributed by atoms with Gasteiger partial charge >= 0.3 is 0 Å². The number of nitrogens with zero attached hydrogens (tertiary/aromatic N) is 2. The second-order valence-corrected chi connectivity index (χ2v) is 5.91. The van der Waals surface area contributed by atoms with Crippen LogP contribution in [0.2, 0.25) is 0 Å². The minimum absolute atomic E-state index is 0.0630. The molecule has 0 aromatic heterocycles. The van der Waals surface area contributed by atoms with Crippen LogP contribution in [0.15, 0.2) is 28.0 Å². The minimum Gasteiger partial charge on any atom is -0.331 e. The van der Waals surface area contributed by atoms with E-state index in [4.69, 9.17) is 0 Å². The number of nitrogens with one attached hydrogen (secondary N) is 1. The van der Waals surface area contributed by atoms with Gasteiger partial charge in [-0.3, -0.25) is 14.6 Å². The van der Waals surface area contributed by atoms with Crippen LogP contribution in [-0.4, -0.2) is 36.5 Å². The van der Waals surface area contributed by atoms with Crippen LogP contribution < -0.4 is 5.32 Å². The Balaban J connectivity index is 3.27. The molecule has 110 valence electrons. The van der Waals surface area contributed by atoms with Gasteiger partial charge in [0.25, 0.3) is 5.91 Å². The van der Waals surface area contributed by atoms with E-state index in [2.05, 4.69) is 31.1 Å². The summed E-state index contributed by atoms with van der Waals surface area (Å²) in [6, 6.07) is 0. The number of piperazine rings is 1. The Hall–Kier alpha value is -1.91.